The quantitative estimate of drug-likeness (QED) is 0.634. The van der Waals surface area contributed by atoms with Gasteiger partial charge in [0.2, 0.25) is 0 Å². The molecule has 0 aromatic heterocycles. The number of carbonyl (C=O) groups excluding carboxylic acids is 2. The van der Waals surface area contributed by atoms with Crippen LogP contribution in [-0.2, 0) is 20.4 Å². The molecule has 1 aromatic rings. The Kier molecular flexibility index (Phi) is 4.48. The molecule has 1 rings (SSSR count). The van der Waals surface area contributed by atoms with Gasteiger partial charge in [-0.3, -0.25) is 0 Å². The Balaban J connectivity index is 0.00000169. The minimum Gasteiger partial charge on any atom is -0.545 e. The largest absolute Gasteiger partial charge is 2.00 e. The predicted molar refractivity (Wildman–Crippen MR) is 39.8 cm³/mol. The van der Waals surface area contributed by atoms with Crippen molar-refractivity contribution in [2.45, 2.75) is 6.92 Å². The molecule has 0 heterocycles. The first-order valence-corrected chi connectivity index (χ1v) is 3.56. The molecule has 0 saturated carbocycles. The third-order valence-corrected chi connectivity index (χ3v) is 1.70. The topological polar surface area (TPSA) is 80.3 Å². The van der Waals surface area contributed by atoms with Crippen LogP contribution >= 0.6 is 0 Å². The van der Waals surface area contributed by atoms with Crippen molar-refractivity contribution in [3.8, 4) is 0 Å². The molecule has 4 nitrogen and oxygen atoms in total. The first-order valence-electron chi connectivity index (χ1n) is 3.56. The van der Waals surface area contributed by atoms with Crippen molar-refractivity contribution in [3.05, 3.63) is 34.9 Å². The molecule has 0 aliphatic heterocycles. The van der Waals surface area contributed by atoms with Gasteiger partial charge < -0.3 is 19.8 Å². The van der Waals surface area contributed by atoms with Crippen molar-refractivity contribution in [3.63, 3.8) is 0 Å². The number of aromatic carboxylic acids is 2. The van der Waals surface area contributed by atoms with Crippen LogP contribution in [0.25, 0.3) is 0 Å². The van der Waals surface area contributed by atoms with Crippen molar-refractivity contribution in [2.24, 2.45) is 0 Å². The Labute approximate surface area is 94.2 Å². The van der Waals surface area contributed by atoms with Gasteiger partial charge in [-0.15, -0.1) is 0 Å². The Morgan fingerprint density at radius 1 is 1.14 bits per heavy atom. The fourth-order valence-corrected chi connectivity index (χ4v) is 1.11. The summed E-state index contributed by atoms with van der Waals surface area (Å²) in [5, 5.41) is 21.0. The third-order valence-electron chi connectivity index (χ3n) is 1.70. The minimum atomic E-state index is -1.51. The normalized spacial score (nSPS) is 8.93. The Bertz CT molecular complexity index is 373. The van der Waals surface area contributed by atoms with Crippen molar-refractivity contribution < 1.29 is 40.2 Å². The Hall–Kier alpha value is -1.18. The van der Waals surface area contributed by atoms with Gasteiger partial charge >= 0.3 is 20.4 Å². The number of carboxylic acids is 2. The number of carboxylic acid groups (broad SMARTS) is 2. The number of hydrogen-bond acceptors (Lipinski definition) is 4. The number of aryl methyl sites for hydroxylation is 1. The zero-order valence-electron chi connectivity index (χ0n) is 7.18. The number of hydrogen-bond donors (Lipinski definition) is 0. The molecular weight excluding hydrogens is 279 g/mol. The molecule has 0 amide bonds. The molecule has 0 bridgehead atoms. The van der Waals surface area contributed by atoms with E-state index in [1.165, 1.54) is 25.1 Å². The molecule has 1 aromatic carbocycles. The summed E-state index contributed by atoms with van der Waals surface area (Å²) in [5.41, 5.74) is -0.316. The maximum absolute atomic E-state index is 10.5. The zero-order chi connectivity index (χ0) is 10.0. The van der Waals surface area contributed by atoms with Crippen LogP contribution in [0.15, 0.2) is 18.2 Å². The molecule has 0 saturated heterocycles. The van der Waals surface area contributed by atoms with E-state index in [0.717, 1.165) is 0 Å². The fraction of sp³-hybridized carbons (Fsp3) is 0.111. The second kappa shape index (κ2) is 4.89. The summed E-state index contributed by atoms with van der Waals surface area (Å²) < 4.78 is 0. The summed E-state index contributed by atoms with van der Waals surface area (Å²) in [5.74, 6) is -3.01. The molecule has 0 spiro atoms. The van der Waals surface area contributed by atoms with Crippen molar-refractivity contribution in [2.75, 3.05) is 0 Å². The second-order valence-electron chi connectivity index (χ2n) is 2.57. The zero-order valence-corrected chi connectivity index (χ0v) is 8.74. The molecule has 0 radical (unpaired) electrons. The van der Waals surface area contributed by atoms with Gasteiger partial charge in [0.25, 0.3) is 0 Å². The molecule has 0 aliphatic carbocycles. The van der Waals surface area contributed by atoms with E-state index in [9.17, 15) is 19.8 Å². The summed E-state index contributed by atoms with van der Waals surface area (Å²) in [6, 6.07) is 4.12. The van der Waals surface area contributed by atoms with Gasteiger partial charge in [0.1, 0.15) is 0 Å². The second-order valence-corrected chi connectivity index (χ2v) is 2.57. The maximum atomic E-state index is 10.5. The van der Waals surface area contributed by atoms with Crippen LogP contribution < -0.4 is 10.2 Å². The average Bonchev–Trinajstić information content (AvgIpc) is 2.02. The van der Waals surface area contributed by atoms with Crippen molar-refractivity contribution >= 4 is 11.9 Å². The van der Waals surface area contributed by atoms with Gasteiger partial charge in [0, 0.05) is 11.1 Å². The van der Waals surface area contributed by atoms with Gasteiger partial charge in [0.15, 0.2) is 0 Å². The van der Waals surface area contributed by atoms with E-state index in [-0.39, 0.29) is 31.5 Å². The molecular formula is C9H6O4Pd. The summed E-state index contributed by atoms with van der Waals surface area (Å²) in [4.78, 5) is 21.0. The van der Waals surface area contributed by atoms with E-state index in [4.69, 9.17) is 0 Å². The third kappa shape index (κ3) is 2.41. The Morgan fingerprint density at radius 2 is 1.71 bits per heavy atom. The van der Waals surface area contributed by atoms with E-state index in [1.54, 1.807) is 0 Å². The van der Waals surface area contributed by atoms with Crippen LogP contribution in [0.3, 0.4) is 0 Å². The van der Waals surface area contributed by atoms with E-state index >= 15 is 0 Å². The van der Waals surface area contributed by atoms with Gasteiger partial charge in [-0.05, 0) is 12.5 Å². The molecule has 0 atom stereocenters. The van der Waals surface area contributed by atoms with E-state index in [1.807, 2.05) is 0 Å². The van der Waals surface area contributed by atoms with Crippen LogP contribution in [0.4, 0.5) is 0 Å². The van der Waals surface area contributed by atoms with Crippen LogP contribution in [0.5, 0.6) is 0 Å². The van der Waals surface area contributed by atoms with Crippen molar-refractivity contribution in [1.82, 2.24) is 0 Å². The first-order chi connectivity index (χ1) is 6.04. The molecule has 0 N–H and O–H groups in total. The minimum absolute atomic E-state index is 0. The van der Waals surface area contributed by atoms with Gasteiger partial charge in [-0.2, -0.15) is 0 Å². The van der Waals surface area contributed by atoms with Crippen molar-refractivity contribution in [1.29, 1.82) is 0 Å². The summed E-state index contributed by atoms with van der Waals surface area (Å²) in [6.45, 7) is 1.50. The van der Waals surface area contributed by atoms with E-state index in [2.05, 4.69) is 0 Å². The summed E-state index contributed by atoms with van der Waals surface area (Å²) in [7, 11) is 0. The number of carbonyl (C=O) groups is 2. The molecule has 14 heavy (non-hydrogen) atoms. The number of benzene rings is 1. The molecule has 0 fully saturated rings. The molecule has 0 aliphatic rings. The standard InChI is InChI=1S/C9H8O4.Pd/c1-5-3-2-4-6(8(10)11)7(5)9(12)13;/h2-4H,1H3,(H,10,11)(H,12,13);/q;+2/p-2. The van der Waals surface area contributed by atoms with Crippen LogP contribution in [0, 0.1) is 6.92 Å². The fourth-order valence-electron chi connectivity index (χ4n) is 1.11. The predicted octanol–water partition coefficient (Wildman–Crippen LogP) is -1.28. The van der Waals surface area contributed by atoms with Gasteiger partial charge in [-0.25, -0.2) is 0 Å². The molecule has 5 heteroatoms. The van der Waals surface area contributed by atoms with Gasteiger partial charge in [0.05, 0.1) is 11.9 Å². The van der Waals surface area contributed by atoms with Crippen LogP contribution in [0.2, 0.25) is 0 Å². The summed E-state index contributed by atoms with van der Waals surface area (Å²) in [6.07, 6.45) is 0. The van der Waals surface area contributed by atoms with Crippen LogP contribution in [0.1, 0.15) is 26.3 Å². The SMILES string of the molecule is Cc1cccc(C(=O)[O-])c1C(=O)[O-].[Pd+2]. The Morgan fingerprint density at radius 3 is 2.07 bits per heavy atom. The van der Waals surface area contributed by atoms with Gasteiger partial charge in [-0.1, -0.05) is 18.2 Å². The molecule has 0 unspecified atom stereocenters. The molecule has 76 valence electrons. The van der Waals surface area contributed by atoms with E-state index in [0.29, 0.717) is 5.56 Å². The maximum Gasteiger partial charge on any atom is 2.00 e. The first kappa shape index (κ1) is 12.8. The smallest absolute Gasteiger partial charge is 0.545 e. The monoisotopic (exact) mass is 284 g/mol. The number of rotatable bonds is 2. The van der Waals surface area contributed by atoms with Crippen LogP contribution in [-0.4, -0.2) is 11.9 Å². The average molecular weight is 285 g/mol. The van der Waals surface area contributed by atoms with E-state index < -0.39 is 11.9 Å². The summed E-state index contributed by atoms with van der Waals surface area (Å²) >= 11 is 0.